The molecule has 1 aromatic carbocycles. The third-order valence-corrected chi connectivity index (χ3v) is 8.19. The summed E-state index contributed by atoms with van der Waals surface area (Å²) < 4.78 is 0. The Balaban J connectivity index is 1.12. The van der Waals surface area contributed by atoms with Gasteiger partial charge in [0, 0.05) is 24.7 Å². The number of thiazole rings is 1. The van der Waals surface area contributed by atoms with E-state index in [2.05, 4.69) is 45.1 Å². The van der Waals surface area contributed by atoms with Crippen molar-refractivity contribution >= 4 is 17.3 Å². The van der Waals surface area contributed by atoms with Crippen molar-refractivity contribution in [1.29, 1.82) is 0 Å². The Labute approximate surface area is 182 Å². The Morgan fingerprint density at radius 2 is 1.97 bits per heavy atom. The Bertz CT molecular complexity index is 843. The van der Waals surface area contributed by atoms with Crippen LogP contribution in [0.2, 0.25) is 0 Å². The number of aromatic nitrogens is 1. The zero-order chi connectivity index (χ0) is 20.6. The van der Waals surface area contributed by atoms with Crippen LogP contribution in [0.3, 0.4) is 0 Å². The molecule has 0 amide bonds. The van der Waals surface area contributed by atoms with Gasteiger partial charge in [-0.15, -0.1) is 11.3 Å². The molecule has 2 atom stereocenters. The minimum atomic E-state index is -0.672. The second-order valence-corrected chi connectivity index (χ2v) is 10.5. The lowest BCUT2D eigenvalue weighted by Crippen LogP contribution is -2.71. The first-order valence-corrected chi connectivity index (χ1v) is 12.1. The number of carboxylic acid groups (broad SMARTS) is 1. The normalized spacial score (nSPS) is 26.9. The van der Waals surface area contributed by atoms with Crippen molar-refractivity contribution in [2.75, 3.05) is 26.2 Å². The van der Waals surface area contributed by atoms with Crippen LogP contribution in [0.1, 0.15) is 48.6 Å². The summed E-state index contributed by atoms with van der Waals surface area (Å²) in [5, 5.41) is 12.7. The van der Waals surface area contributed by atoms with E-state index in [-0.39, 0.29) is 12.0 Å². The van der Waals surface area contributed by atoms with Crippen molar-refractivity contribution in [2.24, 2.45) is 11.8 Å². The van der Waals surface area contributed by atoms with Crippen LogP contribution < -0.4 is 0 Å². The van der Waals surface area contributed by atoms with Gasteiger partial charge in [0.2, 0.25) is 0 Å². The molecule has 0 radical (unpaired) electrons. The summed E-state index contributed by atoms with van der Waals surface area (Å²) in [5.74, 6) is 1.76. The zero-order valence-electron chi connectivity index (χ0n) is 17.4. The van der Waals surface area contributed by atoms with Gasteiger partial charge in [-0.25, -0.2) is 4.98 Å². The second kappa shape index (κ2) is 8.40. The molecule has 1 unspecified atom stereocenters. The first kappa shape index (κ1) is 20.2. The Kier molecular flexibility index (Phi) is 5.65. The van der Waals surface area contributed by atoms with E-state index in [9.17, 15) is 9.90 Å². The summed E-state index contributed by atoms with van der Waals surface area (Å²) in [5.41, 5.74) is 1.33. The highest BCUT2D eigenvalue weighted by Crippen LogP contribution is 2.52. The van der Waals surface area contributed by atoms with E-state index in [1.165, 1.54) is 31.2 Å². The molecule has 3 fully saturated rings. The summed E-state index contributed by atoms with van der Waals surface area (Å²) in [4.78, 5) is 20.8. The van der Waals surface area contributed by atoms with Crippen molar-refractivity contribution < 1.29 is 9.90 Å². The van der Waals surface area contributed by atoms with Crippen LogP contribution in [-0.2, 0) is 11.3 Å². The number of piperidine rings is 1. The van der Waals surface area contributed by atoms with Gasteiger partial charge >= 0.3 is 5.97 Å². The van der Waals surface area contributed by atoms with Crippen LogP contribution in [0.15, 0.2) is 41.9 Å². The molecule has 30 heavy (non-hydrogen) atoms. The van der Waals surface area contributed by atoms with Crippen LogP contribution in [0, 0.1) is 11.8 Å². The average molecular weight is 426 g/mol. The van der Waals surface area contributed by atoms with E-state index in [0.717, 1.165) is 55.5 Å². The van der Waals surface area contributed by atoms with Crippen molar-refractivity contribution in [3.63, 3.8) is 0 Å². The van der Waals surface area contributed by atoms with Gasteiger partial charge in [-0.05, 0) is 62.1 Å². The average Bonchev–Trinajstić information content (AvgIpc) is 3.29. The topological polar surface area (TPSA) is 56.7 Å². The number of likely N-dealkylation sites (tertiary alicyclic amines) is 2. The molecule has 6 heteroatoms. The predicted molar refractivity (Wildman–Crippen MR) is 119 cm³/mol. The van der Waals surface area contributed by atoms with Crippen LogP contribution >= 0.6 is 11.3 Å². The summed E-state index contributed by atoms with van der Waals surface area (Å²) in [6.45, 7) is 4.64. The molecule has 0 spiro atoms. The van der Waals surface area contributed by atoms with Crippen molar-refractivity contribution in [2.45, 2.75) is 50.1 Å². The number of carbonyl (C=O) groups is 1. The minimum absolute atomic E-state index is 0.180. The Hall–Kier alpha value is -1.76. The van der Waals surface area contributed by atoms with Crippen LogP contribution in [0.5, 0.6) is 0 Å². The summed E-state index contributed by atoms with van der Waals surface area (Å²) in [6, 6.07) is 11.0. The maximum atomic E-state index is 11.6. The van der Waals surface area contributed by atoms with E-state index in [1.54, 1.807) is 11.3 Å². The summed E-state index contributed by atoms with van der Waals surface area (Å²) in [7, 11) is 0. The molecule has 2 aromatic rings. The van der Waals surface area contributed by atoms with Gasteiger partial charge in [-0.2, -0.15) is 0 Å². The standard InChI is InChI=1S/C24H31N3O2S/c28-23(29)14-24(16-26(17-24)15-22-25-8-11-30-22)27-9-6-18(7-10-27)12-20-13-21(20)19-4-2-1-3-5-19/h1-5,8,11,18,20-21H,6-7,9-10,12-17H2,(H,28,29)/t20-,21?/m1/s1. The molecule has 5 rings (SSSR count). The highest BCUT2D eigenvalue weighted by molar-refractivity contribution is 7.09. The van der Waals surface area contributed by atoms with E-state index in [4.69, 9.17) is 0 Å². The molecule has 2 saturated heterocycles. The summed E-state index contributed by atoms with van der Waals surface area (Å²) in [6.07, 6.45) is 7.22. The Morgan fingerprint density at radius 1 is 1.20 bits per heavy atom. The van der Waals surface area contributed by atoms with Gasteiger partial charge in [0.05, 0.1) is 18.5 Å². The molecule has 1 saturated carbocycles. The fourth-order valence-corrected chi connectivity index (χ4v) is 6.47. The Morgan fingerprint density at radius 3 is 2.63 bits per heavy atom. The number of nitrogens with zero attached hydrogens (tertiary/aromatic N) is 3. The van der Waals surface area contributed by atoms with Crippen LogP contribution in [-0.4, -0.2) is 57.6 Å². The van der Waals surface area contributed by atoms with Gasteiger partial charge in [0.25, 0.3) is 0 Å². The van der Waals surface area contributed by atoms with Gasteiger partial charge in [0.1, 0.15) is 5.01 Å². The predicted octanol–water partition coefficient (Wildman–Crippen LogP) is 4.08. The number of carboxylic acids is 1. The maximum absolute atomic E-state index is 11.6. The number of hydrogen-bond donors (Lipinski definition) is 1. The lowest BCUT2D eigenvalue weighted by atomic mass is 9.80. The molecule has 1 N–H and O–H groups in total. The molecule has 0 bridgehead atoms. The number of rotatable bonds is 8. The van der Waals surface area contributed by atoms with E-state index < -0.39 is 5.97 Å². The van der Waals surface area contributed by atoms with Crippen LogP contribution in [0.4, 0.5) is 0 Å². The largest absolute Gasteiger partial charge is 0.481 e. The van der Waals surface area contributed by atoms with Crippen LogP contribution in [0.25, 0.3) is 0 Å². The first-order chi connectivity index (χ1) is 14.6. The lowest BCUT2D eigenvalue weighted by molar-refractivity contribution is -0.147. The van der Waals surface area contributed by atoms with E-state index in [0.29, 0.717) is 0 Å². The van der Waals surface area contributed by atoms with Crippen molar-refractivity contribution in [1.82, 2.24) is 14.8 Å². The molecular formula is C24H31N3O2S. The smallest absolute Gasteiger partial charge is 0.305 e. The molecule has 5 nitrogen and oxygen atoms in total. The third-order valence-electron chi connectivity index (χ3n) is 7.43. The van der Waals surface area contributed by atoms with Gasteiger partial charge < -0.3 is 5.11 Å². The molecule has 1 aromatic heterocycles. The van der Waals surface area contributed by atoms with Crippen molar-refractivity contribution in [3.05, 3.63) is 52.5 Å². The fraction of sp³-hybridized carbons (Fsp3) is 0.583. The lowest BCUT2D eigenvalue weighted by Gasteiger charge is -2.57. The molecule has 3 heterocycles. The van der Waals surface area contributed by atoms with E-state index in [1.807, 2.05) is 11.6 Å². The monoisotopic (exact) mass is 425 g/mol. The highest BCUT2D eigenvalue weighted by atomic mass is 32.1. The third kappa shape index (κ3) is 4.32. The van der Waals surface area contributed by atoms with Crippen molar-refractivity contribution in [3.8, 4) is 0 Å². The minimum Gasteiger partial charge on any atom is -0.481 e. The molecular weight excluding hydrogens is 394 g/mol. The SMILES string of the molecule is O=C(O)CC1(N2CCC(C[C@@H]3CC3c3ccccc3)CC2)CN(Cc2nccs2)C1. The summed E-state index contributed by atoms with van der Waals surface area (Å²) >= 11 is 1.68. The maximum Gasteiger partial charge on any atom is 0.305 e. The number of aliphatic carboxylic acids is 1. The number of benzene rings is 1. The quantitative estimate of drug-likeness (QED) is 0.691. The van der Waals surface area contributed by atoms with E-state index >= 15 is 0 Å². The highest BCUT2D eigenvalue weighted by Gasteiger charge is 2.50. The molecule has 160 valence electrons. The first-order valence-electron chi connectivity index (χ1n) is 11.2. The molecule has 1 aliphatic carbocycles. The van der Waals surface area contributed by atoms with Gasteiger partial charge in [-0.3, -0.25) is 14.6 Å². The zero-order valence-corrected chi connectivity index (χ0v) is 18.3. The number of hydrogen-bond acceptors (Lipinski definition) is 5. The van der Waals surface area contributed by atoms with Gasteiger partial charge in [0.15, 0.2) is 0 Å². The second-order valence-electron chi connectivity index (χ2n) is 9.54. The van der Waals surface area contributed by atoms with Gasteiger partial charge in [-0.1, -0.05) is 30.3 Å². The fourth-order valence-electron chi connectivity index (χ4n) is 5.81. The molecule has 3 aliphatic rings. The molecule has 2 aliphatic heterocycles.